The van der Waals surface area contributed by atoms with E-state index in [9.17, 15) is 4.79 Å². The van der Waals surface area contributed by atoms with Gasteiger partial charge in [-0.05, 0) is 44.2 Å². The van der Waals surface area contributed by atoms with Crippen LogP contribution in [0, 0.1) is 11.8 Å². The highest BCUT2D eigenvalue weighted by Crippen LogP contribution is 2.24. The maximum atomic E-state index is 11.1. The normalized spacial score (nSPS) is 23.1. The zero-order chi connectivity index (χ0) is 12.0. The standard InChI is InChI=1S/C12H25N3O/c1-10(2)11-4-3-7-15(8-5-11)9-6-12(16)14-13/h10-11H,3-9,13H2,1-2H3,(H,14,16). The molecule has 4 heteroatoms. The van der Waals surface area contributed by atoms with Gasteiger partial charge in [-0.2, -0.15) is 0 Å². The Labute approximate surface area is 98.5 Å². The minimum atomic E-state index is -0.0651. The van der Waals surface area contributed by atoms with Crippen molar-refractivity contribution in [2.24, 2.45) is 17.7 Å². The van der Waals surface area contributed by atoms with Crippen molar-refractivity contribution in [1.82, 2.24) is 10.3 Å². The lowest BCUT2D eigenvalue weighted by molar-refractivity contribution is -0.121. The van der Waals surface area contributed by atoms with Gasteiger partial charge in [0.2, 0.25) is 5.91 Å². The van der Waals surface area contributed by atoms with E-state index >= 15 is 0 Å². The van der Waals surface area contributed by atoms with Crippen molar-refractivity contribution < 1.29 is 4.79 Å². The molecule has 0 bridgehead atoms. The number of carbonyl (C=O) groups is 1. The fourth-order valence-corrected chi connectivity index (χ4v) is 2.40. The summed E-state index contributed by atoms with van der Waals surface area (Å²) in [6, 6.07) is 0. The number of hydrogen-bond donors (Lipinski definition) is 2. The summed E-state index contributed by atoms with van der Waals surface area (Å²) in [5.41, 5.74) is 2.18. The summed E-state index contributed by atoms with van der Waals surface area (Å²) in [4.78, 5) is 13.4. The van der Waals surface area contributed by atoms with Crippen molar-refractivity contribution >= 4 is 5.91 Å². The average molecular weight is 227 g/mol. The molecular formula is C12H25N3O. The lowest BCUT2D eigenvalue weighted by Gasteiger charge is -2.20. The number of hydrazine groups is 1. The Hall–Kier alpha value is -0.610. The van der Waals surface area contributed by atoms with Crippen LogP contribution in [0.4, 0.5) is 0 Å². The zero-order valence-corrected chi connectivity index (χ0v) is 10.5. The fourth-order valence-electron chi connectivity index (χ4n) is 2.40. The van der Waals surface area contributed by atoms with E-state index < -0.39 is 0 Å². The third-order valence-corrected chi connectivity index (χ3v) is 3.62. The number of nitrogens with two attached hydrogens (primary N) is 1. The highest BCUT2D eigenvalue weighted by Gasteiger charge is 2.19. The van der Waals surface area contributed by atoms with Gasteiger partial charge in [-0.3, -0.25) is 10.2 Å². The van der Waals surface area contributed by atoms with Crippen LogP contribution in [-0.2, 0) is 4.79 Å². The SMILES string of the molecule is CC(C)C1CCCN(CCC(=O)NN)CC1. The lowest BCUT2D eigenvalue weighted by atomic mass is 9.89. The van der Waals surface area contributed by atoms with Crippen LogP contribution in [0.1, 0.15) is 39.5 Å². The molecule has 0 aliphatic carbocycles. The van der Waals surface area contributed by atoms with Gasteiger partial charge in [-0.25, -0.2) is 5.84 Å². The number of hydrogen-bond acceptors (Lipinski definition) is 3. The average Bonchev–Trinajstić information content (AvgIpc) is 2.51. The minimum Gasteiger partial charge on any atom is -0.303 e. The number of likely N-dealkylation sites (tertiary alicyclic amines) is 1. The summed E-state index contributed by atoms with van der Waals surface area (Å²) in [5, 5.41) is 0. The summed E-state index contributed by atoms with van der Waals surface area (Å²) in [6.07, 6.45) is 4.37. The summed E-state index contributed by atoms with van der Waals surface area (Å²) in [7, 11) is 0. The van der Waals surface area contributed by atoms with Gasteiger partial charge < -0.3 is 4.90 Å². The largest absolute Gasteiger partial charge is 0.303 e. The smallest absolute Gasteiger partial charge is 0.235 e. The van der Waals surface area contributed by atoms with E-state index in [1.165, 1.54) is 19.3 Å². The summed E-state index contributed by atoms with van der Waals surface area (Å²) < 4.78 is 0. The van der Waals surface area contributed by atoms with E-state index in [1.807, 2.05) is 0 Å². The first kappa shape index (κ1) is 13.5. The highest BCUT2D eigenvalue weighted by atomic mass is 16.2. The third-order valence-electron chi connectivity index (χ3n) is 3.62. The molecule has 16 heavy (non-hydrogen) atoms. The Morgan fingerprint density at radius 3 is 2.81 bits per heavy atom. The van der Waals surface area contributed by atoms with Gasteiger partial charge >= 0.3 is 0 Å². The molecule has 0 aromatic rings. The summed E-state index contributed by atoms with van der Waals surface area (Å²) in [5.74, 6) is 6.64. The Kier molecular flexibility index (Phi) is 5.77. The molecule has 0 radical (unpaired) electrons. The molecule has 0 saturated carbocycles. The number of nitrogens with one attached hydrogen (secondary N) is 1. The maximum Gasteiger partial charge on any atom is 0.235 e. The molecule has 1 rings (SSSR count). The Bertz CT molecular complexity index is 218. The molecule has 1 aliphatic heterocycles. The molecular weight excluding hydrogens is 202 g/mol. The third kappa shape index (κ3) is 4.49. The molecule has 1 heterocycles. The molecule has 0 aromatic carbocycles. The molecule has 0 spiro atoms. The topological polar surface area (TPSA) is 58.4 Å². The lowest BCUT2D eigenvalue weighted by Crippen LogP contribution is -2.34. The van der Waals surface area contributed by atoms with Crippen LogP contribution in [0.15, 0.2) is 0 Å². The van der Waals surface area contributed by atoms with E-state index in [2.05, 4.69) is 24.2 Å². The van der Waals surface area contributed by atoms with Gasteiger partial charge in [0.1, 0.15) is 0 Å². The molecule has 1 fully saturated rings. The van der Waals surface area contributed by atoms with Gasteiger partial charge in [-0.1, -0.05) is 13.8 Å². The van der Waals surface area contributed by atoms with E-state index in [0.29, 0.717) is 6.42 Å². The molecule has 1 amide bonds. The second-order valence-corrected chi connectivity index (χ2v) is 5.09. The van der Waals surface area contributed by atoms with E-state index in [0.717, 1.165) is 31.5 Å². The maximum absolute atomic E-state index is 11.1. The van der Waals surface area contributed by atoms with Crippen molar-refractivity contribution in [2.75, 3.05) is 19.6 Å². The van der Waals surface area contributed by atoms with Crippen molar-refractivity contribution in [3.63, 3.8) is 0 Å². The predicted octanol–water partition coefficient (Wildman–Crippen LogP) is 1.12. The molecule has 1 saturated heterocycles. The van der Waals surface area contributed by atoms with Crippen LogP contribution >= 0.6 is 0 Å². The monoisotopic (exact) mass is 227 g/mol. The highest BCUT2D eigenvalue weighted by molar-refractivity contribution is 5.75. The quantitative estimate of drug-likeness (QED) is 0.430. The van der Waals surface area contributed by atoms with Crippen molar-refractivity contribution in [3.8, 4) is 0 Å². The van der Waals surface area contributed by atoms with Gasteiger partial charge in [0, 0.05) is 13.0 Å². The molecule has 94 valence electrons. The Balaban J connectivity index is 2.27. The van der Waals surface area contributed by atoms with Crippen LogP contribution in [0.5, 0.6) is 0 Å². The predicted molar refractivity (Wildman–Crippen MR) is 65.6 cm³/mol. The van der Waals surface area contributed by atoms with Gasteiger partial charge in [0.25, 0.3) is 0 Å². The zero-order valence-electron chi connectivity index (χ0n) is 10.5. The molecule has 1 unspecified atom stereocenters. The summed E-state index contributed by atoms with van der Waals surface area (Å²) in [6.45, 7) is 7.71. The van der Waals surface area contributed by atoms with Crippen molar-refractivity contribution in [2.45, 2.75) is 39.5 Å². The number of rotatable bonds is 4. The molecule has 1 atom stereocenters. The van der Waals surface area contributed by atoms with E-state index in [4.69, 9.17) is 5.84 Å². The second-order valence-electron chi connectivity index (χ2n) is 5.09. The number of carbonyl (C=O) groups excluding carboxylic acids is 1. The van der Waals surface area contributed by atoms with Crippen LogP contribution < -0.4 is 11.3 Å². The first-order valence-corrected chi connectivity index (χ1v) is 6.35. The van der Waals surface area contributed by atoms with E-state index in [1.54, 1.807) is 0 Å². The van der Waals surface area contributed by atoms with E-state index in [-0.39, 0.29) is 5.91 Å². The van der Waals surface area contributed by atoms with Gasteiger partial charge in [0.15, 0.2) is 0 Å². The number of nitrogens with zero attached hydrogens (tertiary/aromatic N) is 1. The van der Waals surface area contributed by atoms with Crippen LogP contribution in [0.3, 0.4) is 0 Å². The van der Waals surface area contributed by atoms with Gasteiger partial charge in [0.05, 0.1) is 0 Å². The Morgan fingerprint density at radius 2 is 2.19 bits per heavy atom. The van der Waals surface area contributed by atoms with Crippen molar-refractivity contribution in [1.29, 1.82) is 0 Å². The molecule has 0 aromatic heterocycles. The molecule has 4 nitrogen and oxygen atoms in total. The minimum absolute atomic E-state index is 0.0651. The fraction of sp³-hybridized carbons (Fsp3) is 0.917. The number of amides is 1. The van der Waals surface area contributed by atoms with Crippen LogP contribution in [0.25, 0.3) is 0 Å². The van der Waals surface area contributed by atoms with Crippen LogP contribution in [-0.4, -0.2) is 30.4 Å². The van der Waals surface area contributed by atoms with Crippen LogP contribution in [0.2, 0.25) is 0 Å². The van der Waals surface area contributed by atoms with Gasteiger partial charge in [-0.15, -0.1) is 0 Å². The first-order valence-electron chi connectivity index (χ1n) is 6.35. The first-order chi connectivity index (χ1) is 7.63. The molecule has 3 N–H and O–H groups in total. The second kappa shape index (κ2) is 6.86. The molecule has 1 aliphatic rings. The van der Waals surface area contributed by atoms with Crippen molar-refractivity contribution in [3.05, 3.63) is 0 Å². The Morgan fingerprint density at radius 1 is 1.44 bits per heavy atom. The summed E-state index contributed by atoms with van der Waals surface area (Å²) >= 11 is 0.